The number of rotatable bonds is 7. The molecule has 10 rings (SSSR count). The number of aryl methyl sites for hydroxylation is 2. The number of halogens is 2. The Morgan fingerprint density at radius 1 is 0.594 bits per heavy atom. The molecule has 2 aliphatic rings. The van der Waals surface area contributed by atoms with E-state index in [-0.39, 0.29) is 11.9 Å². The molecule has 8 aromatic rings. The predicted octanol–water partition coefficient (Wildman–Crippen LogP) is 8.74. The first-order valence-corrected chi connectivity index (χ1v) is 23.0. The standard InChI is InChI=1S/C26H25N5O2.C16H11BrN2O2.C9H14N4.CH3F/c1-18-8-11-23(27-17-18)30-12-14-31(15-13-30)25-24(19-6-4-3-5-7-19)28-21-10-9-20(26(32)33-2)16-22(21)29-25;1-21-16(20)11-7-8-12-13(9-11)19-15(17)14(18-12)10-5-3-2-4-6-10;1-8-6-11-9(12-7-8)13-4-2-10-3-5-13;1-2/h3-11,16-17H,12-15H2,1-2H3;2-9H,1H3;6-7,10H,2-5H2,1H3;1H3/i;;;1D. The van der Waals surface area contributed by atoms with Crippen LogP contribution in [0.4, 0.5) is 22.0 Å². The number of aromatic nitrogens is 7. The van der Waals surface area contributed by atoms with Crippen molar-refractivity contribution in [1.29, 1.82) is 0 Å². The van der Waals surface area contributed by atoms with Crippen molar-refractivity contribution in [2.24, 2.45) is 0 Å². The summed E-state index contributed by atoms with van der Waals surface area (Å²) in [5.41, 5.74) is 9.59. The lowest BCUT2D eigenvalue weighted by molar-refractivity contribution is 0.0592. The van der Waals surface area contributed by atoms with E-state index in [2.05, 4.69) is 85.1 Å². The van der Waals surface area contributed by atoms with Crippen LogP contribution in [0.1, 0.15) is 33.2 Å². The summed E-state index contributed by atoms with van der Waals surface area (Å²) in [5.74, 6) is 1.91. The first-order valence-electron chi connectivity index (χ1n) is 22.9. The molecule has 4 aromatic carbocycles. The number of fused-ring (bicyclic) bond motifs is 2. The smallest absolute Gasteiger partial charge is 0.337 e. The number of carbonyl (C=O) groups is 2. The molecule has 0 spiro atoms. The van der Waals surface area contributed by atoms with Crippen molar-refractivity contribution in [3.05, 3.63) is 155 Å². The molecule has 2 saturated heterocycles. The molecular weight excluding hydrogens is 942 g/mol. The Kier molecular flexibility index (Phi) is 16.7. The number of esters is 2. The molecule has 0 saturated carbocycles. The minimum Gasteiger partial charge on any atom is -0.465 e. The number of hydrogen-bond donors (Lipinski definition) is 1. The lowest BCUT2D eigenvalue weighted by atomic mass is 10.1. The van der Waals surface area contributed by atoms with E-state index in [4.69, 9.17) is 20.8 Å². The van der Waals surface area contributed by atoms with Crippen molar-refractivity contribution in [3.63, 3.8) is 0 Å². The van der Waals surface area contributed by atoms with E-state index in [0.29, 0.717) is 26.8 Å². The third kappa shape index (κ3) is 12.5. The molecule has 1 N–H and O–H groups in total. The second-order valence-corrected chi connectivity index (χ2v) is 16.6. The number of carbonyl (C=O) groups excluding carboxylic acids is 2. The van der Waals surface area contributed by atoms with E-state index in [1.54, 1.807) is 30.3 Å². The number of alkyl halides is 1. The average molecular weight is 996 g/mol. The van der Waals surface area contributed by atoms with Gasteiger partial charge in [0.2, 0.25) is 5.95 Å². The highest BCUT2D eigenvalue weighted by atomic mass is 79.9. The Bertz CT molecular complexity index is 2980. The molecule has 2 fully saturated rings. The molecule has 354 valence electrons. The zero-order valence-corrected chi connectivity index (χ0v) is 40.4. The van der Waals surface area contributed by atoms with Crippen molar-refractivity contribution in [1.82, 2.24) is 40.2 Å². The van der Waals surface area contributed by atoms with E-state index in [1.165, 1.54) is 14.2 Å². The van der Waals surface area contributed by atoms with Crippen LogP contribution in [0.3, 0.4) is 0 Å². The van der Waals surface area contributed by atoms with E-state index in [0.717, 1.165) is 115 Å². The maximum Gasteiger partial charge on any atom is 0.337 e. The average Bonchev–Trinajstić information content (AvgIpc) is 3.41. The maximum absolute atomic E-state index is 12.0. The number of benzene rings is 4. The SMILES string of the molecule is COC(=O)c1ccc2nc(-c3ccccc3)c(Br)nc2c1.COC(=O)c1ccc2nc(-c3ccccc3)c(N3CCN(c4ccc(C)cn4)CC3)nc2c1.Cc1cnc(N2CCNCC2)nc1.[2H]CF. The van der Waals surface area contributed by atoms with Crippen LogP contribution in [-0.2, 0) is 9.47 Å². The molecule has 6 heterocycles. The fourth-order valence-electron chi connectivity index (χ4n) is 7.57. The highest BCUT2D eigenvalue weighted by molar-refractivity contribution is 9.10. The van der Waals surface area contributed by atoms with Gasteiger partial charge < -0.3 is 29.5 Å². The number of piperazine rings is 2. The van der Waals surface area contributed by atoms with Gasteiger partial charge in [0.05, 0.1) is 55.9 Å². The number of nitrogens with zero attached hydrogens (tertiary/aromatic N) is 10. The molecule has 69 heavy (non-hydrogen) atoms. The second-order valence-electron chi connectivity index (χ2n) is 15.8. The van der Waals surface area contributed by atoms with Crippen molar-refractivity contribution in [2.75, 3.05) is 88.4 Å². The molecule has 0 bridgehead atoms. The molecular formula is C52H53BrFN11O4. The summed E-state index contributed by atoms with van der Waals surface area (Å²) in [6, 6.07) is 34.5. The zero-order chi connectivity index (χ0) is 49.4. The predicted molar refractivity (Wildman–Crippen MR) is 273 cm³/mol. The van der Waals surface area contributed by atoms with Gasteiger partial charge in [0.1, 0.15) is 21.8 Å². The monoisotopic (exact) mass is 994 g/mol. The van der Waals surface area contributed by atoms with Crippen molar-refractivity contribution in [3.8, 4) is 22.5 Å². The summed E-state index contributed by atoms with van der Waals surface area (Å²) in [6.45, 7) is 11.4. The quantitative estimate of drug-likeness (QED) is 0.151. The van der Waals surface area contributed by atoms with Crippen molar-refractivity contribution in [2.45, 2.75) is 13.8 Å². The normalized spacial score (nSPS) is 13.4. The third-order valence-electron chi connectivity index (χ3n) is 11.2. The van der Waals surface area contributed by atoms with Gasteiger partial charge in [-0.1, -0.05) is 66.7 Å². The molecule has 15 nitrogen and oxygen atoms in total. The highest BCUT2D eigenvalue weighted by Crippen LogP contribution is 2.32. The van der Waals surface area contributed by atoms with Crippen LogP contribution in [0.5, 0.6) is 0 Å². The minimum absolute atomic E-state index is 0.383. The van der Waals surface area contributed by atoms with E-state index in [1.807, 2.05) is 87.0 Å². The third-order valence-corrected chi connectivity index (χ3v) is 11.7. The number of pyridine rings is 1. The van der Waals surface area contributed by atoms with Gasteiger partial charge in [-0.25, -0.2) is 44.5 Å². The fourth-order valence-corrected chi connectivity index (χ4v) is 8.07. The van der Waals surface area contributed by atoms with Gasteiger partial charge in [-0.05, 0) is 83.4 Å². The van der Waals surface area contributed by atoms with Gasteiger partial charge in [-0.3, -0.25) is 4.39 Å². The summed E-state index contributed by atoms with van der Waals surface area (Å²) < 4.78 is 25.7. The molecule has 17 heteroatoms. The fraction of sp³-hybridized carbons (Fsp3) is 0.250. The first kappa shape index (κ1) is 48.0. The minimum atomic E-state index is -1.00. The summed E-state index contributed by atoms with van der Waals surface area (Å²) in [4.78, 5) is 62.5. The van der Waals surface area contributed by atoms with Gasteiger partial charge in [-0.2, -0.15) is 0 Å². The molecule has 4 aromatic heterocycles. The number of anilines is 3. The zero-order valence-electron chi connectivity index (χ0n) is 39.8. The van der Waals surface area contributed by atoms with Crippen molar-refractivity contribution < 1.29 is 24.8 Å². The summed E-state index contributed by atoms with van der Waals surface area (Å²) in [7, 11) is 1.73. The molecule has 0 atom stereocenters. The number of hydrogen-bond acceptors (Lipinski definition) is 15. The Morgan fingerprint density at radius 3 is 1.64 bits per heavy atom. The maximum atomic E-state index is 12.0. The van der Waals surface area contributed by atoms with Gasteiger partial charge >= 0.3 is 11.9 Å². The lowest BCUT2D eigenvalue weighted by Crippen LogP contribution is -2.47. The van der Waals surface area contributed by atoms with Crippen LogP contribution >= 0.6 is 15.9 Å². The van der Waals surface area contributed by atoms with Crippen LogP contribution in [0.2, 0.25) is 0 Å². The Labute approximate surface area is 410 Å². The molecule has 0 aliphatic carbocycles. The molecule has 2 aliphatic heterocycles. The van der Waals surface area contributed by atoms with Crippen LogP contribution < -0.4 is 20.0 Å². The lowest BCUT2D eigenvalue weighted by Gasteiger charge is -2.36. The van der Waals surface area contributed by atoms with E-state index in [9.17, 15) is 14.0 Å². The van der Waals surface area contributed by atoms with Crippen LogP contribution in [0.25, 0.3) is 44.6 Å². The Hall–Kier alpha value is -7.50. The van der Waals surface area contributed by atoms with E-state index >= 15 is 0 Å². The number of ether oxygens (including phenoxy) is 2. The number of methoxy groups -OCH3 is 2. The largest absolute Gasteiger partial charge is 0.465 e. The second kappa shape index (κ2) is 24.0. The number of nitrogens with one attached hydrogen (secondary N) is 1. The van der Waals surface area contributed by atoms with Crippen LogP contribution in [0, 0.1) is 13.8 Å². The summed E-state index contributed by atoms with van der Waals surface area (Å²) in [5, 5.41) is 3.30. The van der Waals surface area contributed by atoms with Gasteiger partial charge in [-0.15, -0.1) is 0 Å². The molecule has 0 amide bonds. The van der Waals surface area contributed by atoms with Crippen molar-refractivity contribution >= 4 is 67.5 Å². The summed E-state index contributed by atoms with van der Waals surface area (Å²) in [6.07, 6.45) is 5.64. The van der Waals surface area contributed by atoms with Crippen LogP contribution in [-0.4, -0.2) is 121 Å². The van der Waals surface area contributed by atoms with Gasteiger partial charge in [0.15, 0.2) is 5.82 Å². The summed E-state index contributed by atoms with van der Waals surface area (Å²) >= 11 is 3.44. The van der Waals surface area contributed by atoms with E-state index < -0.39 is 7.15 Å². The Morgan fingerprint density at radius 2 is 1.10 bits per heavy atom. The topological polar surface area (TPSA) is 165 Å². The molecule has 0 unspecified atom stereocenters. The van der Waals surface area contributed by atoms with Crippen LogP contribution in [0.15, 0.2) is 132 Å². The first-order chi connectivity index (χ1) is 34.1. The Balaban J connectivity index is 0.000000166. The van der Waals surface area contributed by atoms with Gasteiger partial charge in [0, 0.05) is 82.1 Å². The highest BCUT2D eigenvalue weighted by Gasteiger charge is 2.24. The van der Waals surface area contributed by atoms with Gasteiger partial charge in [0.25, 0.3) is 0 Å². The molecule has 0 radical (unpaired) electrons.